The van der Waals surface area contributed by atoms with Crippen LogP contribution in [0, 0.1) is 0 Å². The molecule has 1 aromatic carbocycles. The molecule has 0 unspecified atom stereocenters. The van der Waals surface area contributed by atoms with Crippen LogP contribution in [0.5, 0.6) is 0 Å². The fraction of sp³-hybridized carbons (Fsp3) is 0.214. The lowest BCUT2D eigenvalue weighted by Gasteiger charge is -2.19. The van der Waals surface area contributed by atoms with Crippen molar-refractivity contribution in [3.63, 3.8) is 0 Å². The molecule has 0 aromatic heterocycles. The minimum atomic E-state index is -0.322. The average Bonchev–Trinajstić information content (AvgIpc) is 2.98. The summed E-state index contributed by atoms with van der Waals surface area (Å²) in [5, 5.41) is 2.01. The molecule has 1 saturated heterocycles. The van der Waals surface area contributed by atoms with Gasteiger partial charge in [-0.15, -0.1) is 0 Å². The first-order valence-electron chi connectivity index (χ1n) is 6.65. The standard InChI is InChI=1S/C14H13N3O2S3/c1-3-16-9-6-4-5-7-10(9)21-13(16)11-12(19)17(14(20)22-11)15-8(2)18/h4-7H,3H2,1-2H3,(H,15,18)/b13-11-. The number of nitrogens with one attached hydrogen (secondary N) is 1. The smallest absolute Gasteiger partial charge is 0.287 e. The minimum absolute atomic E-state index is 0.279. The predicted octanol–water partition coefficient (Wildman–Crippen LogP) is 2.70. The SMILES string of the molecule is CCN1/C(=C2/SC(=S)N(NC(C)=O)C2=O)Sc2ccccc21. The van der Waals surface area contributed by atoms with E-state index in [2.05, 4.69) is 10.3 Å². The number of rotatable bonds is 2. The van der Waals surface area contributed by atoms with Crippen LogP contribution < -0.4 is 10.3 Å². The molecule has 2 amide bonds. The first-order valence-corrected chi connectivity index (χ1v) is 8.69. The first-order chi connectivity index (χ1) is 10.5. The van der Waals surface area contributed by atoms with Crippen LogP contribution in [-0.2, 0) is 9.59 Å². The molecule has 0 aliphatic carbocycles. The number of amides is 2. The van der Waals surface area contributed by atoms with Crippen molar-refractivity contribution in [1.29, 1.82) is 0 Å². The van der Waals surface area contributed by atoms with E-state index in [-0.39, 0.29) is 11.8 Å². The Morgan fingerprint density at radius 3 is 2.73 bits per heavy atom. The Balaban J connectivity index is 2.00. The topological polar surface area (TPSA) is 52.6 Å². The number of carbonyl (C=O) groups is 2. The third kappa shape index (κ3) is 2.51. The Hall–Kier alpha value is -1.51. The van der Waals surface area contributed by atoms with Gasteiger partial charge in [-0.05, 0) is 43.0 Å². The molecule has 2 aliphatic rings. The van der Waals surface area contributed by atoms with Crippen LogP contribution in [0.4, 0.5) is 5.69 Å². The molecule has 0 saturated carbocycles. The Morgan fingerprint density at radius 1 is 1.32 bits per heavy atom. The summed E-state index contributed by atoms with van der Waals surface area (Å²) in [6, 6.07) is 8.02. The Kier molecular flexibility index (Phi) is 4.16. The molecule has 1 N–H and O–H groups in total. The highest BCUT2D eigenvalue weighted by Crippen LogP contribution is 2.50. The van der Waals surface area contributed by atoms with Gasteiger partial charge >= 0.3 is 0 Å². The Labute approximate surface area is 142 Å². The van der Waals surface area contributed by atoms with Gasteiger partial charge in [-0.1, -0.05) is 23.9 Å². The van der Waals surface area contributed by atoms with E-state index in [1.54, 1.807) is 11.8 Å². The van der Waals surface area contributed by atoms with Crippen LogP contribution in [0.2, 0.25) is 0 Å². The number of thioether (sulfide) groups is 2. The highest BCUT2D eigenvalue weighted by molar-refractivity contribution is 8.27. The third-order valence-electron chi connectivity index (χ3n) is 3.16. The second kappa shape index (κ2) is 5.94. The van der Waals surface area contributed by atoms with Gasteiger partial charge in [0, 0.05) is 18.4 Å². The number of anilines is 1. The van der Waals surface area contributed by atoms with Gasteiger partial charge in [0.25, 0.3) is 5.91 Å². The van der Waals surface area contributed by atoms with Crippen LogP contribution >= 0.6 is 35.7 Å². The maximum Gasteiger partial charge on any atom is 0.287 e. The van der Waals surface area contributed by atoms with E-state index in [1.165, 1.54) is 18.7 Å². The number of hydrazine groups is 1. The van der Waals surface area contributed by atoms with Crippen molar-refractivity contribution < 1.29 is 9.59 Å². The molecule has 2 heterocycles. The summed E-state index contributed by atoms with van der Waals surface area (Å²) in [6.07, 6.45) is 0. The molecule has 114 valence electrons. The lowest BCUT2D eigenvalue weighted by Crippen LogP contribution is -2.43. The number of carbonyl (C=O) groups excluding carboxylic acids is 2. The normalized spacial score (nSPS) is 20.6. The van der Waals surface area contributed by atoms with Crippen LogP contribution in [0.1, 0.15) is 13.8 Å². The lowest BCUT2D eigenvalue weighted by atomic mass is 10.3. The number of benzene rings is 1. The summed E-state index contributed by atoms with van der Waals surface area (Å²) in [5.41, 5.74) is 3.56. The molecule has 0 radical (unpaired) electrons. The second-order valence-electron chi connectivity index (χ2n) is 4.62. The van der Waals surface area contributed by atoms with E-state index < -0.39 is 0 Å². The summed E-state index contributed by atoms with van der Waals surface area (Å²) in [5.74, 6) is -0.601. The predicted molar refractivity (Wildman–Crippen MR) is 93.2 cm³/mol. The zero-order chi connectivity index (χ0) is 15.9. The third-order valence-corrected chi connectivity index (χ3v) is 5.83. The molecule has 22 heavy (non-hydrogen) atoms. The van der Waals surface area contributed by atoms with Crippen LogP contribution in [0.25, 0.3) is 0 Å². The molecule has 1 fully saturated rings. The van der Waals surface area contributed by atoms with E-state index in [9.17, 15) is 9.59 Å². The van der Waals surface area contributed by atoms with Crippen molar-refractivity contribution in [2.24, 2.45) is 0 Å². The average molecular weight is 351 g/mol. The summed E-state index contributed by atoms with van der Waals surface area (Å²) in [7, 11) is 0. The van der Waals surface area contributed by atoms with Crippen molar-refractivity contribution in [2.45, 2.75) is 18.7 Å². The maximum atomic E-state index is 12.6. The van der Waals surface area contributed by atoms with Crippen molar-refractivity contribution in [3.05, 3.63) is 34.2 Å². The largest absolute Gasteiger partial charge is 0.334 e. The van der Waals surface area contributed by atoms with Crippen LogP contribution in [0.3, 0.4) is 0 Å². The van der Waals surface area contributed by atoms with Gasteiger partial charge in [0.05, 0.1) is 5.69 Å². The van der Waals surface area contributed by atoms with Crippen molar-refractivity contribution in [2.75, 3.05) is 11.4 Å². The molecule has 1 aromatic rings. The van der Waals surface area contributed by atoms with Crippen LogP contribution in [-0.4, -0.2) is 27.7 Å². The molecule has 2 aliphatic heterocycles. The Bertz CT molecular complexity index is 717. The molecule has 3 rings (SSSR count). The van der Waals surface area contributed by atoms with E-state index in [1.807, 2.05) is 31.2 Å². The van der Waals surface area contributed by atoms with Crippen molar-refractivity contribution in [1.82, 2.24) is 10.4 Å². The molecule has 0 bridgehead atoms. The summed E-state index contributed by atoms with van der Waals surface area (Å²) < 4.78 is 0.343. The molecular weight excluding hydrogens is 338 g/mol. The van der Waals surface area contributed by atoms with Crippen molar-refractivity contribution >= 4 is 57.6 Å². The summed E-state index contributed by atoms with van der Waals surface area (Å²) in [6.45, 7) is 4.14. The van der Waals surface area contributed by atoms with Gasteiger partial charge in [0.15, 0.2) is 4.32 Å². The fourth-order valence-electron chi connectivity index (χ4n) is 2.27. The quantitative estimate of drug-likeness (QED) is 0.653. The van der Waals surface area contributed by atoms with Gasteiger partial charge in [0.2, 0.25) is 5.91 Å². The van der Waals surface area contributed by atoms with Gasteiger partial charge in [-0.2, -0.15) is 5.01 Å². The molecule has 8 heteroatoms. The lowest BCUT2D eigenvalue weighted by molar-refractivity contribution is -0.132. The second-order valence-corrected chi connectivity index (χ2v) is 7.30. The highest BCUT2D eigenvalue weighted by atomic mass is 32.2. The summed E-state index contributed by atoms with van der Waals surface area (Å²) >= 11 is 7.98. The molecule has 5 nitrogen and oxygen atoms in total. The van der Waals surface area contributed by atoms with Crippen molar-refractivity contribution in [3.8, 4) is 0 Å². The molecule has 0 atom stereocenters. The van der Waals surface area contributed by atoms with Gasteiger partial charge in [-0.3, -0.25) is 15.0 Å². The van der Waals surface area contributed by atoms with Gasteiger partial charge in [0.1, 0.15) is 9.93 Å². The number of thiocarbonyl (C=S) groups is 1. The summed E-state index contributed by atoms with van der Waals surface area (Å²) in [4.78, 5) is 27.5. The van der Waals surface area contributed by atoms with Crippen LogP contribution in [0.15, 0.2) is 39.1 Å². The number of hydrogen-bond acceptors (Lipinski definition) is 6. The van der Waals surface area contributed by atoms with E-state index in [0.29, 0.717) is 9.23 Å². The Morgan fingerprint density at radius 2 is 2.05 bits per heavy atom. The van der Waals surface area contributed by atoms with E-state index >= 15 is 0 Å². The number of nitrogens with zero attached hydrogens (tertiary/aromatic N) is 2. The first kappa shape index (κ1) is 15.4. The number of hydrogen-bond donors (Lipinski definition) is 1. The monoisotopic (exact) mass is 351 g/mol. The number of fused-ring (bicyclic) bond motifs is 1. The van der Waals surface area contributed by atoms with E-state index in [4.69, 9.17) is 12.2 Å². The molecular formula is C14H13N3O2S3. The molecule has 0 spiro atoms. The van der Waals surface area contributed by atoms with Gasteiger partial charge < -0.3 is 4.90 Å². The zero-order valence-electron chi connectivity index (χ0n) is 12.0. The maximum absolute atomic E-state index is 12.6. The zero-order valence-corrected chi connectivity index (χ0v) is 14.4. The van der Waals surface area contributed by atoms with E-state index in [0.717, 1.165) is 27.2 Å². The minimum Gasteiger partial charge on any atom is -0.334 e. The highest BCUT2D eigenvalue weighted by Gasteiger charge is 2.39. The fourth-order valence-corrected chi connectivity index (χ4v) is 4.82. The number of para-hydroxylation sites is 1. The van der Waals surface area contributed by atoms with Gasteiger partial charge in [-0.25, -0.2) is 0 Å².